The van der Waals surface area contributed by atoms with Crippen molar-refractivity contribution in [1.82, 2.24) is 19.8 Å². The summed E-state index contributed by atoms with van der Waals surface area (Å²) in [5.74, 6) is -0.449. The number of pyridine rings is 1. The zero-order valence-corrected chi connectivity index (χ0v) is 17.0. The number of H-pyrrole nitrogens is 1. The number of nitrogens with zero attached hydrogens (tertiary/aromatic N) is 3. The monoisotopic (exact) mass is 384 g/mol. The summed E-state index contributed by atoms with van der Waals surface area (Å²) in [6.45, 7) is 11.0. The predicted octanol–water partition coefficient (Wildman–Crippen LogP) is 2.55. The van der Waals surface area contributed by atoms with Crippen molar-refractivity contribution in [2.24, 2.45) is 0 Å². The highest BCUT2D eigenvalue weighted by Gasteiger charge is 2.28. The normalized spacial score (nSPS) is 15.1. The Hall–Kier alpha value is -2.67. The molecule has 1 fully saturated rings. The molecule has 7 heteroatoms. The molecule has 0 spiro atoms. The quantitative estimate of drug-likeness (QED) is 0.802. The topological polar surface area (TPSA) is 78.5 Å². The number of carbonyl (C=O) groups excluding carboxylic acids is 2. The van der Waals surface area contributed by atoms with E-state index in [2.05, 4.69) is 14.9 Å². The van der Waals surface area contributed by atoms with Crippen LogP contribution in [0.25, 0.3) is 0 Å². The molecule has 0 radical (unpaired) electrons. The van der Waals surface area contributed by atoms with Crippen molar-refractivity contribution in [3.8, 4) is 0 Å². The molecule has 0 unspecified atom stereocenters. The van der Waals surface area contributed by atoms with Crippen LogP contribution < -0.4 is 0 Å². The van der Waals surface area contributed by atoms with Crippen LogP contribution in [0.15, 0.2) is 24.5 Å². The van der Waals surface area contributed by atoms with Gasteiger partial charge in [0.15, 0.2) is 0 Å². The fraction of sp³-hybridized carbons (Fsp3) is 0.476. The van der Waals surface area contributed by atoms with Crippen LogP contribution in [0.5, 0.6) is 0 Å². The lowest BCUT2D eigenvalue weighted by atomic mass is 10.1. The SMILES string of the molecule is Cc1[nH]c(C(=O)N2CCN(Cc3ccncc3)CC2)c(C)c1C(=O)OC(C)C. The average Bonchev–Trinajstić information content (AvgIpc) is 2.96. The Bertz CT molecular complexity index is 837. The highest BCUT2D eigenvalue weighted by molar-refractivity contribution is 6.00. The lowest BCUT2D eigenvalue weighted by molar-refractivity contribution is 0.0376. The minimum atomic E-state index is -0.387. The van der Waals surface area contributed by atoms with Gasteiger partial charge in [0.25, 0.3) is 5.91 Å². The van der Waals surface area contributed by atoms with E-state index in [9.17, 15) is 9.59 Å². The third-order valence-corrected chi connectivity index (χ3v) is 5.01. The molecule has 0 atom stereocenters. The number of aromatic nitrogens is 2. The summed E-state index contributed by atoms with van der Waals surface area (Å²) in [4.78, 5) is 36.7. The zero-order chi connectivity index (χ0) is 20.3. The summed E-state index contributed by atoms with van der Waals surface area (Å²) in [5.41, 5.74) is 3.50. The molecular weight excluding hydrogens is 356 g/mol. The van der Waals surface area contributed by atoms with E-state index in [0.29, 0.717) is 35.6 Å². The number of amides is 1. The summed E-state index contributed by atoms with van der Waals surface area (Å²) in [5, 5.41) is 0. The first-order valence-corrected chi connectivity index (χ1v) is 9.67. The first-order valence-electron chi connectivity index (χ1n) is 9.67. The predicted molar refractivity (Wildman–Crippen MR) is 106 cm³/mol. The molecule has 28 heavy (non-hydrogen) atoms. The Balaban J connectivity index is 1.64. The minimum absolute atomic E-state index is 0.0623. The summed E-state index contributed by atoms with van der Waals surface area (Å²) in [6.07, 6.45) is 3.40. The molecule has 1 N–H and O–H groups in total. The van der Waals surface area contributed by atoms with Gasteiger partial charge in [0.05, 0.1) is 11.7 Å². The maximum atomic E-state index is 13.0. The standard InChI is InChI=1S/C21H28N4O3/c1-14(2)28-21(27)18-15(3)19(23-16(18)4)20(26)25-11-9-24(10-12-25)13-17-5-7-22-8-6-17/h5-8,14,23H,9-13H2,1-4H3. The molecule has 0 aliphatic carbocycles. The van der Waals surface area contributed by atoms with E-state index in [0.717, 1.165) is 19.6 Å². The number of piperazine rings is 1. The van der Waals surface area contributed by atoms with Gasteiger partial charge in [-0.25, -0.2) is 4.79 Å². The third kappa shape index (κ3) is 4.42. The van der Waals surface area contributed by atoms with E-state index in [-0.39, 0.29) is 18.0 Å². The van der Waals surface area contributed by atoms with Gasteiger partial charge in [-0.05, 0) is 51.0 Å². The Kier molecular flexibility index (Phi) is 6.14. The molecule has 150 valence electrons. The number of carbonyl (C=O) groups is 2. The summed E-state index contributed by atoms with van der Waals surface area (Å²) >= 11 is 0. The smallest absolute Gasteiger partial charge is 0.340 e. The molecular formula is C21H28N4O3. The number of ether oxygens (including phenoxy) is 1. The van der Waals surface area contributed by atoms with Gasteiger partial charge in [-0.2, -0.15) is 0 Å². The van der Waals surface area contributed by atoms with Crippen LogP contribution in [0.1, 0.15) is 51.5 Å². The van der Waals surface area contributed by atoms with Crippen LogP contribution >= 0.6 is 0 Å². The molecule has 0 bridgehead atoms. The fourth-order valence-electron chi connectivity index (χ4n) is 3.56. The summed E-state index contributed by atoms with van der Waals surface area (Å²) < 4.78 is 5.31. The molecule has 1 amide bonds. The van der Waals surface area contributed by atoms with E-state index in [1.165, 1.54) is 5.56 Å². The fourth-order valence-corrected chi connectivity index (χ4v) is 3.56. The summed E-state index contributed by atoms with van der Waals surface area (Å²) in [6, 6.07) is 4.03. The van der Waals surface area contributed by atoms with E-state index in [4.69, 9.17) is 4.74 Å². The zero-order valence-electron chi connectivity index (χ0n) is 17.0. The lowest BCUT2D eigenvalue weighted by Gasteiger charge is -2.34. The molecule has 1 saturated heterocycles. The van der Waals surface area contributed by atoms with Crippen LogP contribution in [-0.2, 0) is 11.3 Å². The van der Waals surface area contributed by atoms with Crippen LogP contribution in [0, 0.1) is 13.8 Å². The number of aromatic amines is 1. The second-order valence-corrected chi connectivity index (χ2v) is 7.50. The molecule has 0 saturated carbocycles. The Morgan fingerprint density at radius 3 is 2.39 bits per heavy atom. The van der Waals surface area contributed by atoms with Gasteiger partial charge < -0.3 is 14.6 Å². The van der Waals surface area contributed by atoms with Crippen LogP contribution in [0.4, 0.5) is 0 Å². The van der Waals surface area contributed by atoms with Crippen LogP contribution in [0.2, 0.25) is 0 Å². The molecule has 0 aromatic carbocycles. The van der Waals surface area contributed by atoms with Crippen molar-refractivity contribution in [2.75, 3.05) is 26.2 Å². The first-order chi connectivity index (χ1) is 13.4. The minimum Gasteiger partial charge on any atom is -0.459 e. The van der Waals surface area contributed by atoms with Crippen molar-refractivity contribution in [3.05, 3.63) is 52.6 Å². The summed E-state index contributed by atoms with van der Waals surface area (Å²) in [7, 11) is 0. The molecule has 2 aromatic heterocycles. The van der Waals surface area contributed by atoms with Gasteiger partial charge in [-0.1, -0.05) is 0 Å². The van der Waals surface area contributed by atoms with E-state index in [1.807, 2.05) is 30.9 Å². The van der Waals surface area contributed by atoms with Gasteiger partial charge in [-0.3, -0.25) is 14.7 Å². The highest BCUT2D eigenvalue weighted by Crippen LogP contribution is 2.21. The third-order valence-electron chi connectivity index (χ3n) is 5.01. The van der Waals surface area contributed by atoms with Crippen LogP contribution in [0.3, 0.4) is 0 Å². The second-order valence-electron chi connectivity index (χ2n) is 7.50. The average molecular weight is 384 g/mol. The highest BCUT2D eigenvalue weighted by atomic mass is 16.5. The number of aryl methyl sites for hydroxylation is 1. The van der Waals surface area contributed by atoms with Gasteiger partial charge in [-0.15, -0.1) is 0 Å². The number of rotatable bonds is 5. The van der Waals surface area contributed by atoms with Crippen LogP contribution in [-0.4, -0.2) is 63.9 Å². The maximum absolute atomic E-state index is 13.0. The second kappa shape index (κ2) is 8.56. The number of esters is 1. The lowest BCUT2D eigenvalue weighted by Crippen LogP contribution is -2.48. The molecule has 1 aliphatic heterocycles. The molecule has 2 aromatic rings. The number of nitrogens with one attached hydrogen (secondary N) is 1. The van der Waals surface area contributed by atoms with Crippen molar-refractivity contribution in [1.29, 1.82) is 0 Å². The molecule has 7 nitrogen and oxygen atoms in total. The Morgan fingerprint density at radius 1 is 1.14 bits per heavy atom. The maximum Gasteiger partial charge on any atom is 0.340 e. The Labute approximate surface area is 165 Å². The van der Waals surface area contributed by atoms with Gasteiger partial charge >= 0.3 is 5.97 Å². The largest absolute Gasteiger partial charge is 0.459 e. The van der Waals surface area contributed by atoms with Gasteiger partial charge in [0, 0.05) is 50.8 Å². The van der Waals surface area contributed by atoms with Crippen molar-refractivity contribution in [3.63, 3.8) is 0 Å². The van der Waals surface area contributed by atoms with Crippen molar-refractivity contribution < 1.29 is 14.3 Å². The molecule has 3 heterocycles. The van der Waals surface area contributed by atoms with Crippen molar-refractivity contribution in [2.45, 2.75) is 40.3 Å². The number of hydrogen-bond donors (Lipinski definition) is 1. The van der Waals surface area contributed by atoms with Gasteiger partial charge in [0.2, 0.25) is 0 Å². The molecule has 1 aliphatic rings. The Morgan fingerprint density at radius 2 is 1.79 bits per heavy atom. The first kappa shape index (κ1) is 20.1. The van der Waals surface area contributed by atoms with Crippen molar-refractivity contribution >= 4 is 11.9 Å². The van der Waals surface area contributed by atoms with E-state index in [1.54, 1.807) is 26.2 Å². The van der Waals surface area contributed by atoms with Gasteiger partial charge in [0.1, 0.15) is 5.69 Å². The van der Waals surface area contributed by atoms with E-state index < -0.39 is 0 Å². The number of hydrogen-bond acceptors (Lipinski definition) is 5. The molecule has 3 rings (SSSR count). The van der Waals surface area contributed by atoms with E-state index >= 15 is 0 Å².